The van der Waals surface area contributed by atoms with Crippen LogP contribution in [0.15, 0.2) is 66.9 Å². The Morgan fingerprint density at radius 3 is 2.37 bits per heavy atom. The van der Waals surface area contributed by atoms with Gasteiger partial charge in [-0.1, -0.05) is 18.2 Å². The summed E-state index contributed by atoms with van der Waals surface area (Å²) >= 11 is 0. The number of para-hydroxylation sites is 1. The van der Waals surface area contributed by atoms with Gasteiger partial charge in [-0.05, 0) is 55.3 Å². The summed E-state index contributed by atoms with van der Waals surface area (Å²) in [4.78, 5) is 12.4. The number of carbonyl (C=O) groups excluding carboxylic acids is 1. The number of halogens is 3. The maximum atomic E-state index is 12.7. The van der Waals surface area contributed by atoms with Crippen molar-refractivity contribution in [2.24, 2.45) is 0 Å². The molecule has 0 saturated carbocycles. The van der Waals surface area contributed by atoms with E-state index in [0.29, 0.717) is 41.9 Å². The van der Waals surface area contributed by atoms with Crippen LogP contribution in [0.25, 0.3) is 11.4 Å². The number of hydrogen-bond donors (Lipinski definition) is 2. The normalized spacial score (nSPS) is 11.3. The summed E-state index contributed by atoms with van der Waals surface area (Å²) in [6, 6.07) is 18.3. The summed E-state index contributed by atoms with van der Waals surface area (Å²) < 4.78 is 40.8. The van der Waals surface area contributed by atoms with E-state index in [1.165, 1.54) is 35.1 Å². The van der Waals surface area contributed by atoms with Crippen LogP contribution in [0.2, 0.25) is 0 Å². The molecule has 0 fully saturated rings. The van der Waals surface area contributed by atoms with E-state index in [1.54, 1.807) is 0 Å². The lowest BCUT2D eigenvalue weighted by Gasteiger charge is -2.07. The number of aromatic nitrogens is 4. The van der Waals surface area contributed by atoms with Crippen molar-refractivity contribution in [1.82, 2.24) is 24.9 Å². The highest BCUT2D eigenvalue weighted by Gasteiger charge is 2.33. The van der Waals surface area contributed by atoms with E-state index >= 15 is 0 Å². The molecule has 4 rings (SSSR count). The summed E-state index contributed by atoms with van der Waals surface area (Å²) in [6.07, 6.45) is -2.35. The van der Waals surface area contributed by atoms with Gasteiger partial charge in [0, 0.05) is 18.3 Å². The standard InChI is InChI=1S/C24H20F3N7O/c25-24(26,27)21-12-14-33(32-21)17-10-8-16(9-11-17)23(35)30-13-4-7-20-19(15-28)22(29)34(31-20)18-5-2-1-3-6-18/h1-3,5-6,8-12,14H,4,7,13,29H2,(H,30,35). The predicted molar refractivity (Wildman–Crippen MR) is 122 cm³/mol. The Balaban J connectivity index is 1.34. The number of rotatable bonds is 7. The molecule has 11 heteroatoms. The first-order valence-corrected chi connectivity index (χ1v) is 10.6. The largest absolute Gasteiger partial charge is 0.435 e. The molecular weight excluding hydrogens is 459 g/mol. The van der Waals surface area contributed by atoms with Crippen molar-refractivity contribution in [1.29, 1.82) is 5.26 Å². The molecule has 0 unspecified atom stereocenters. The number of alkyl halides is 3. The van der Waals surface area contributed by atoms with Gasteiger partial charge in [0.1, 0.15) is 17.5 Å². The molecule has 35 heavy (non-hydrogen) atoms. The number of nitrogens with two attached hydrogens (primary N) is 1. The number of anilines is 1. The second-order valence-electron chi connectivity index (χ2n) is 7.62. The molecule has 0 aliphatic rings. The third-order valence-corrected chi connectivity index (χ3v) is 5.26. The Labute approximate surface area is 198 Å². The van der Waals surface area contributed by atoms with Crippen LogP contribution in [-0.2, 0) is 12.6 Å². The SMILES string of the molecule is N#Cc1c(CCCNC(=O)c2ccc(-n3ccc(C(F)(F)F)n3)cc2)nn(-c2ccccc2)c1N. The van der Waals surface area contributed by atoms with E-state index < -0.39 is 11.9 Å². The van der Waals surface area contributed by atoms with Gasteiger partial charge < -0.3 is 11.1 Å². The zero-order valence-electron chi connectivity index (χ0n) is 18.3. The topological polar surface area (TPSA) is 115 Å². The molecule has 0 aliphatic heterocycles. The third-order valence-electron chi connectivity index (χ3n) is 5.26. The highest BCUT2D eigenvalue weighted by Crippen LogP contribution is 2.28. The highest BCUT2D eigenvalue weighted by atomic mass is 19.4. The van der Waals surface area contributed by atoms with Crippen LogP contribution in [0.4, 0.5) is 19.0 Å². The van der Waals surface area contributed by atoms with Crippen LogP contribution < -0.4 is 11.1 Å². The maximum absolute atomic E-state index is 12.7. The molecule has 4 aromatic rings. The summed E-state index contributed by atoms with van der Waals surface area (Å²) in [5.74, 6) is -0.0693. The molecule has 1 amide bonds. The predicted octanol–water partition coefficient (Wildman–Crippen LogP) is 3.89. The minimum atomic E-state index is -4.52. The molecule has 0 atom stereocenters. The van der Waals surface area contributed by atoms with E-state index in [4.69, 9.17) is 5.73 Å². The lowest BCUT2D eigenvalue weighted by molar-refractivity contribution is -0.141. The van der Waals surface area contributed by atoms with E-state index in [2.05, 4.69) is 21.6 Å². The van der Waals surface area contributed by atoms with Gasteiger partial charge in [-0.15, -0.1) is 0 Å². The van der Waals surface area contributed by atoms with Crippen LogP contribution in [0.3, 0.4) is 0 Å². The molecule has 2 heterocycles. The average Bonchev–Trinajstić information content (AvgIpc) is 3.47. The number of hydrogen-bond acceptors (Lipinski definition) is 5. The Morgan fingerprint density at radius 2 is 1.74 bits per heavy atom. The van der Waals surface area contributed by atoms with Gasteiger partial charge in [0.2, 0.25) is 0 Å². The molecule has 2 aromatic carbocycles. The van der Waals surface area contributed by atoms with Crippen LogP contribution >= 0.6 is 0 Å². The van der Waals surface area contributed by atoms with E-state index in [0.717, 1.165) is 16.4 Å². The summed E-state index contributed by atoms with van der Waals surface area (Å²) in [5, 5.41) is 20.2. The fraction of sp³-hybridized carbons (Fsp3) is 0.167. The molecule has 0 spiro atoms. The molecular formula is C24H20F3N7O. The lowest BCUT2D eigenvalue weighted by atomic mass is 10.1. The number of benzene rings is 2. The van der Waals surface area contributed by atoms with Crippen molar-refractivity contribution in [2.45, 2.75) is 19.0 Å². The van der Waals surface area contributed by atoms with Gasteiger partial charge in [0.25, 0.3) is 5.91 Å². The zero-order valence-corrected chi connectivity index (χ0v) is 18.3. The van der Waals surface area contributed by atoms with Gasteiger partial charge in [0.15, 0.2) is 5.69 Å². The van der Waals surface area contributed by atoms with Crippen LogP contribution in [-0.4, -0.2) is 32.0 Å². The van der Waals surface area contributed by atoms with Crippen molar-refractivity contribution < 1.29 is 18.0 Å². The highest BCUT2D eigenvalue weighted by molar-refractivity contribution is 5.94. The van der Waals surface area contributed by atoms with Gasteiger partial charge in [-0.2, -0.15) is 28.6 Å². The van der Waals surface area contributed by atoms with Crippen molar-refractivity contribution in [3.05, 3.63) is 89.4 Å². The minimum Gasteiger partial charge on any atom is -0.382 e. The number of amides is 1. The first-order valence-electron chi connectivity index (χ1n) is 10.6. The van der Waals surface area contributed by atoms with E-state index in [1.807, 2.05) is 30.3 Å². The second kappa shape index (κ2) is 9.72. The molecule has 0 saturated heterocycles. The van der Waals surface area contributed by atoms with Crippen LogP contribution in [0.5, 0.6) is 0 Å². The smallest absolute Gasteiger partial charge is 0.382 e. The van der Waals surface area contributed by atoms with Gasteiger partial charge in [-0.25, -0.2) is 9.36 Å². The van der Waals surface area contributed by atoms with Gasteiger partial charge >= 0.3 is 6.18 Å². The van der Waals surface area contributed by atoms with Crippen molar-refractivity contribution in [3.63, 3.8) is 0 Å². The Bertz CT molecular complexity index is 1370. The molecule has 3 N–H and O–H groups in total. The summed E-state index contributed by atoms with van der Waals surface area (Å²) in [5.41, 5.74) is 7.46. The maximum Gasteiger partial charge on any atom is 0.435 e. The summed E-state index contributed by atoms with van der Waals surface area (Å²) in [7, 11) is 0. The zero-order chi connectivity index (χ0) is 25.0. The van der Waals surface area contributed by atoms with Crippen molar-refractivity contribution in [2.75, 3.05) is 12.3 Å². The monoisotopic (exact) mass is 479 g/mol. The average molecular weight is 479 g/mol. The Morgan fingerprint density at radius 1 is 1.03 bits per heavy atom. The van der Waals surface area contributed by atoms with Crippen LogP contribution in [0, 0.1) is 11.3 Å². The number of nitriles is 1. The molecule has 0 aliphatic carbocycles. The fourth-order valence-electron chi connectivity index (χ4n) is 3.49. The number of nitrogens with zero attached hydrogens (tertiary/aromatic N) is 5. The fourth-order valence-corrected chi connectivity index (χ4v) is 3.49. The van der Waals surface area contributed by atoms with Crippen molar-refractivity contribution >= 4 is 11.7 Å². The minimum absolute atomic E-state index is 0.261. The van der Waals surface area contributed by atoms with Gasteiger partial charge in [-0.3, -0.25) is 4.79 Å². The van der Waals surface area contributed by atoms with Gasteiger partial charge in [0.05, 0.1) is 17.1 Å². The first kappa shape index (κ1) is 23.6. The Kier molecular flexibility index (Phi) is 6.55. The van der Waals surface area contributed by atoms with Crippen LogP contribution in [0.1, 0.15) is 33.7 Å². The second-order valence-corrected chi connectivity index (χ2v) is 7.62. The quantitative estimate of drug-likeness (QED) is 0.390. The molecule has 0 radical (unpaired) electrons. The Hall–Kier alpha value is -4.59. The first-order chi connectivity index (χ1) is 16.8. The van der Waals surface area contributed by atoms with E-state index in [-0.39, 0.29) is 11.7 Å². The molecule has 178 valence electrons. The summed E-state index contributed by atoms with van der Waals surface area (Å²) in [6.45, 7) is 0.331. The van der Waals surface area contributed by atoms with Crippen molar-refractivity contribution in [3.8, 4) is 17.4 Å². The number of aryl methyl sites for hydroxylation is 1. The lowest BCUT2D eigenvalue weighted by Crippen LogP contribution is -2.24. The number of nitrogen functional groups attached to an aromatic ring is 1. The molecule has 0 bridgehead atoms. The van der Waals surface area contributed by atoms with E-state index in [9.17, 15) is 23.2 Å². The molecule has 2 aromatic heterocycles. The molecule has 8 nitrogen and oxygen atoms in total. The number of carbonyl (C=O) groups is 1. The number of nitrogens with one attached hydrogen (secondary N) is 1. The third kappa shape index (κ3) is 5.16.